The van der Waals surface area contributed by atoms with E-state index in [1.165, 1.54) is 0 Å². The largest absolute Gasteiger partial charge is 0.351 e. The number of carbonyl (C=O) groups excluding carboxylic acids is 2. The smallest absolute Gasteiger partial charge is 0.239 e. The number of nitrogens with one attached hydrogen (secondary N) is 2. The fourth-order valence-electron chi connectivity index (χ4n) is 1.14. The highest BCUT2D eigenvalue weighted by atomic mass is 16.2. The van der Waals surface area contributed by atoms with Crippen LogP contribution in [0.5, 0.6) is 0 Å². The summed E-state index contributed by atoms with van der Waals surface area (Å²) in [6.07, 6.45) is 5.58. The highest BCUT2D eigenvalue weighted by Crippen LogP contribution is 1.97. The molecular formula is C12H21N3O2. The lowest BCUT2D eigenvalue weighted by atomic mass is 10.1. The molecule has 0 aliphatic rings. The molecule has 4 N–H and O–H groups in total. The first kappa shape index (κ1) is 15.5. The Labute approximate surface area is 103 Å². The molecule has 0 fully saturated rings. The first-order valence-corrected chi connectivity index (χ1v) is 5.64. The maximum atomic E-state index is 11.5. The Hall–Kier alpha value is -1.54. The summed E-state index contributed by atoms with van der Waals surface area (Å²) in [5.41, 5.74) is 5.62. The van der Waals surface area contributed by atoms with Gasteiger partial charge in [-0.2, -0.15) is 0 Å². The Bertz CT molecular complexity index is 307. The Morgan fingerprint density at radius 3 is 2.41 bits per heavy atom. The van der Waals surface area contributed by atoms with Crippen LogP contribution in [0.2, 0.25) is 0 Å². The van der Waals surface area contributed by atoms with Gasteiger partial charge < -0.3 is 16.4 Å². The van der Waals surface area contributed by atoms with Gasteiger partial charge in [-0.15, -0.1) is 12.3 Å². The molecule has 2 amide bonds. The van der Waals surface area contributed by atoms with Gasteiger partial charge in [0, 0.05) is 12.5 Å². The summed E-state index contributed by atoms with van der Waals surface area (Å²) >= 11 is 0. The van der Waals surface area contributed by atoms with Crippen molar-refractivity contribution in [2.75, 3.05) is 6.54 Å². The summed E-state index contributed by atoms with van der Waals surface area (Å²) in [6, 6.07) is -0.686. The average Bonchev–Trinajstić information content (AvgIpc) is 2.24. The highest BCUT2D eigenvalue weighted by Gasteiger charge is 2.17. The summed E-state index contributed by atoms with van der Waals surface area (Å²) in [7, 11) is 0. The topological polar surface area (TPSA) is 84.2 Å². The van der Waals surface area contributed by atoms with Crippen LogP contribution < -0.4 is 16.4 Å². The van der Waals surface area contributed by atoms with Gasteiger partial charge in [0.15, 0.2) is 0 Å². The quantitative estimate of drug-likeness (QED) is 0.552. The van der Waals surface area contributed by atoms with E-state index in [-0.39, 0.29) is 30.3 Å². The van der Waals surface area contributed by atoms with Crippen LogP contribution in [0, 0.1) is 18.3 Å². The number of hydrogen-bond donors (Lipinski definition) is 3. The molecule has 0 spiro atoms. The number of amides is 2. The van der Waals surface area contributed by atoms with Crippen LogP contribution in [0.4, 0.5) is 0 Å². The molecule has 0 heterocycles. The summed E-state index contributed by atoms with van der Waals surface area (Å²) in [6.45, 7) is 5.42. The summed E-state index contributed by atoms with van der Waals surface area (Å²) in [4.78, 5) is 22.8. The molecule has 0 radical (unpaired) electrons. The first-order valence-electron chi connectivity index (χ1n) is 5.64. The molecule has 0 aliphatic carbocycles. The molecule has 0 bridgehead atoms. The second-order valence-corrected chi connectivity index (χ2v) is 4.36. The van der Waals surface area contributed by atoms with Gasteiger partial charge in [0.2, 0.25) is 11.8 Å². The fourth-order valence-corrected chi connectivity index (χ4v) is 1.14. The molecule has 2 atom stereocenters. The predicted octanol–water partition coefficient (Wildman–Crippen LogP) is -0.386. The van der Waals surface area contributed by atoms with Crippen molar-refractivity contribution in [1.29, 1.82) is 0 Å². The number of hydrogen-bond acceptors (Lipinski definition) is 3. The minimum atomic E-state index is -0.592. The molecule has 0 aliphatic heterocycles. The number of carbonyl (C=O) groups is 2. The third-order valence-electron chi connectivity index (χ3n) is 2.28. The van der Waals surface area contributed by atoms with E-state index in [2.05, 4.69) is 16.6 Å². The van der Waals surface area contributed by atoms with Crippen molar-refractivity contribution in [2.24, 2.45) is 11.7 Å². The Balaban J connectivity index is 3.93. The molecule has 0 saturated heterocycles. The van der Waals surface area contributed by atoms with Gasteiger partial charge in [-0.05, 0) is 12.8 Å². The van der Waals surface area contributed by atoms with Crippen molar-refractivity contribution in [3.8, 4) is 12.3 Å². The van der Waals surface area contributed by atoms with Crippen molar-refractivity contribution in [1.82, 2.24) is 10.6 Å². The van der Waals surface area contributed by atoms with E-state index in [4.69, 9.17) is 12.2 Å². The molecule has 5 nitrogen and oxygen atoms in total. The zero-order valence-electron chi connectivity index (χ0n) is 10.6. The maximum Gasteiger partial charge on any atom is 0.239 e. The van der Waals surface area contributed by atoms with Crippen LogP contribution in [0.3, 0.4) is 0 Å². The van der Waals surface area contributed by atoms with E-state index < -0.39 is 6.04 Å². The number of nitrogens with two attached hydrogens (primary N) is 1. The molecule has 0 rings (SSSR count). The highest BCUT2D eigenvalue weighted by molar-refractivity contribution is 5.87. The molecule has 96 valence electrons. The second kappa shape index (κ2) is 7.69. The van der Waals surface area contributed by atoms with Crippen LogP contribution in [0.15, 0.2) is 0 Å². The number of terminal acetylenes is 1. The van der Waals surface area contributed by atoms with E-state index in [0.29, 0.717) is 6.42 Å². The number of rotatable bonds is 6. The lowest BCUT2D eigenvalue weighted by Gasteiger charge is -2.16. The zero-order chi connectivity index (χ0) is 13.4. The third-order valence-corrected chi connectivity index (χ3v) is 2.28. The normalized spacial score (nSPS) is 13.6. The van der Waals surface area contributed by atoms with Gasteiger partial charge in [-0.1, -0.05) is 13.8 Å². The van der Waals surface area contributed by atoms with Crippen molar-refractivity contribution in [3.63, 3.8) is 0 Å². The average molecular weight is 239 g/mol. The van der Waals surface area contributed by atoms with Gasteiger partial charge in [-0.3, -0.25) is 9.59 Å². The van der Waals surface area contributed by atoms with E-state index >= 15 is 0 Å². The van der Waals surface area contributed by atoms with Crippen molar-refractivity contribution in [3.05, 3.63) is 0 Å². The van der Waals surface area contributed by atoms with Crippen molar-refractivity contribution < 1.29 is 9.59 Å². The van der Waals surface area contributed by atoms with E-state index in [0.717, 1.165) is 0 Å². The minimum Gasteiger partial charge on any atom is -0.351 e. The van der Waals surface area contributed by atoms with Crippen molar-refractivity contribution >= 4 is 11.8 Å². The fraction of sp³-hybridized carbons (Fsp3) is 0.667. The molecule has 17 heavy (non-hydrogen) atoms. The van der Waals surface area contributed by atoms with Gasteiger partial charge in [0.25, 0.3) is 0 Å². The molecule has 5 heteroatoms. The zero-order valence-corrected chi connectivity index (χ0v) is 10.6. The minimum absolute atomic E-state index is 0.0402. The lowest BCUT2D eigenvalue weighted by Crippen LogP contribution is -2.48. The molecule has 0 aromatic carbocycles. The monoisotopic (exact) mass is 239 g/mol. The SMILES string of the molecule is C#CCC(C)NC(=O)CNC(=O)[C@@H](N)C(C)C. The molecule has 0 saturated carbocycles. The van der Waals surface area contributed by atoms with Crippen LogP contribution in [0.1, 0.15) is 27.2 Å². The maximum absolute atomic E-state index is 11.5. The lowest BCUT2D eigenvalue weighted by molar-refractivity contribution is -0.127. The van der Waals surface area contributed by atoms with Gasteiger partial charge >= 0.3 is 0 Å². The summed E-state index contributed by atoms with van der Waals surface area (Å²) < 4.78 is 0. The van der Waals surface area contributed by atoms with Gasteiger partial charge in [0.05, 0.1) is 12.6 Å². The molecule has 1 unspecified atom stereocenters. The van der Waals surface area contributed by atoms with E-state index in [9.17, 15) is 9.59 Å². The molecule has 0 aromatic heterocycles. The first-order chi connectivity index (χ1) is 7.88. The van der Waals surface area contributed by atoms with Crippen LogP contribution >= 0.6 is 0 Å². The van der Waals surface area contributed by atoms with Crippen LogP contribution in [0.25, 0.3) is 0 Å². The second-order valence-electron chi connectivity index (χ2n) is 4.36. The van der Waals surface area contributed by atoms with E-state index in [1.54, 1.807) is 6.92 Å². The summed E-state index contributed by atoms with van der Waals surface area (Å²) in [5.74, 6) is 1.90. The molecular weight excluding hydrogens is 218 g/mol. The molecule has 0 aromatic rings. The van der Waals surface area contributed by atoms with Crippen LogP contribution in [-0.4, -0.2) is 30.4 Å². The van der Waals surface area contributed by atoms with E-state index in [1.807, 2.05) is 13.8 Å². The third kappa shape index (κ3) is 6.59. The van der Waals surface area contributed by atoms with Crippen LogP contribution in [-0.2, 0) is 9.59 Å². The summed E-state index contributed by atoms with van der Waals surface area (Å²) in [5, 5.41) is 5.15. The van der Waals surface area contributed by atoms with Gasteiger partial charge in [0.1, 0.15) is 0 Å². The van der Waals surface area contributed by atoms with Crippen molar-refractivity contribution in [2.45, 2.75) is 39.3 Å². The Morgan fingerprint density at radius 1 is 1.35 bits per heavy atom. The van der Waals surface area contributed by atoms with Gasteiger partial charge in [-0.25, -0.2) is 0 Å². The standard InChI is InChI=1S/C12H21N3O2/c1-5-6-9(4)15-10(16)7-14-12(17)11(13)8(2)3/h1,8-9,11H,6-7,13H2,2-4H3,(H,14,17)(H,15,16)/t9?,11-/m0/s1. The predicted molar refractivity (Wildman–Crippen MR) is 66.9 cm³/mol. The Morgan fingerprint density at radius 2 is 1.94 bits per heavy atom. The Kier molecular flexibility index (Phi) is 6.99.